The third-order valence-electron chi connectivity index (χ3n) is 10.4. The average molecular weight is 623 g/mol. The molecule has 3 saturated carbocycles. The lowest BCUT2D eigenvalue weighted by molar-refractivity contribution is -0.347. The number of hydrogen-bond acceptors (Lipinski definition) is 4. The van der Waals surface area contributed by atoms with Gasteiger partial charge in [0.15, 0.2) is 0 Å². The van der Waals surface area contributed by atoms with Crippen molar-refractivity contribution in [3.8, 4) is 0 Å². The van der Waals surface area contributed by atoms with Gasteiger partial charge in [-0.1, -0.05) is 50.6 Å². The number of rotatable bonds is 9. The third kappa shape index (κ3) is 7.79. The van der Waals surface area contributed by atoms with E-state index >= 15 is 0 Å². The summed E-state index contributed by atoms with van der Waals surface area (Å²) in [4.78, 5) is 0. The third-order valence-corrected chi connectivity index (χ3v) is 10.4. The van der Waals surface area contributed by atoms with Crippen LogP contribution in [0, 0.1) is 22.7 Å². The monoisotopic (exact) mass is 622 g/mol. The fourth-order valence-electron chi connectivity index (χ4n) is 8.04. The van der Waals surface area contributed by atoms with E-state index in [9.17, 15) is 46.8 Å². The lowest BCUT2D eigenvalue weighted by Crippen LogP contribution is -2.55. The Morgan fingerprint density at radius 2 is 1.58 bits per heavy atom. The fourth-order valence-corrected chi connectivity index (χ4v) is 8.04. The maximum atomic E-state index is 13.4. The van der Waals surface area contributed by atoms with Crippen LogP contribution in [0.5, 0.6) is 0 Å². The predicted octanol–water partition coefficient (Wildman–Crippen LogP) is 7.88. The molecule has 10 heteroatoms. The van der Waals surface area contributed by atoms with Gasteiger partial charge in [-0.3, -0.25) is 0 Å². The Morgan fingerprint density at radius 1 is 0.953 bits per heavy atom. The molecule has 0 saturated heterocycles. The van der Waals surface area contributed by atoms with E-state index in [-0.39, 0.29) is 36.2 Å². The van der Waals surface area contributed by atoms with Gasteiger partial charge in [0.25, 0.3) is 5.60 Å². The first-order valence-electron chi connectivity index (χ1n) is 15.2. The summed E-state index contributed by atoms with van der Waals surface area (Å²) in [6.07, 6.45) is -2.44. The van der Waals surface area contributed by atoms with Crippen molar-refractivity contribution in [1.82, 2.24) is 0 Å². The van der Waals surface area contributed by atoms with Crippen LogP contribution in [0.3, 0.4) is 0 Å². The number of allylic oxidation sites excluding steroid dienone is 4. The van der Waals surface area contributed by atoms with Crippen LogP contribution in [-0.2, 0) is 0 Å². The van der Waals surface area contributed by atoms with Crippen LogP contribution in [0.4, 0.5) is 26.3 Å². The minimum atomic E-state index is -5.92. The highest BCUT2D eigenvalue weighted by Crippen LogP contribution is 2.64. The standard InChI is InChI=1S/C33H48F6O4/c1-21-23(19-24(40)20-26(21)41)11-10-22-9-6-17-30(5)25(22)12-13-27(30)29(4,15-7-14-28(2,3)42)16-8-18-31(43,32(34,35)36)33(37,38)39/h8,10-11,18,24-27,40-43H,1,6-7,9,12-17,19-20H2,2-5H3/b18-8-,22-10+,23-11-/t24-,25+,26?,27-,29+,30+/m1/s1. The molecule has 3 fully saturated rings. The normalized spacial score (nSPS) is 32.9. The van der Waals surface area contributed by atoms with Gasteiger partial charge in [-0.05, 0) is 112 Å². The summed E-state index contributed by atoms with van der Waals surface area (Å²) < 4.78 is 80.2. The van der Waals surface area contributed by atoms with Crippen molar-refractivity contribution in [2.45, 2.75) is 134 Å². The number of hydrogen-bond donors (Lipinski definition) is 4. The topological polar surface area (TPSA) is 80.9 Å². The van der Waals surface area contributed by atoms with Gasteiger partial charge >= 0.3 is 12.4 Å². The maximum Gasteiger partial charge on any atom is 0.429 e. The van der Waals surface area contributed by atoms with Gasteiger partial charge in [-0.15, -0.1) is 0 Å². The predicted molar refractivity (Wildman–Crippen MR) is 154 cm³/mol. The van der Waals surface area contributed by atoms with Crippen molar-refractivity contribution in [3.05, 3.63) is 47.6 Å². The van der Waals surface area contributed by atoms with Gasteiger partial charge in [0.05, 0.1) is 17.8 Å². The van der Waals surface area contributed by atoms with Crippen LogP contribution in [0.15, 0.2) is 47.6 Å². The van der Waals surface area contributed by atoms with Gasteiger partial charge in [-0.2, -0.15) is 26.3 Å². The van der Waals surface area contributed by atoms with Crippen LogP contribution in [-0.4, -0.2) is 56.2 Å². The zero-order valence-electron chi connectivity index (χ0n) is 25.7. The number of aliphatic hydroxyl groups excluding tert-OH is 2. The fraction of sp³-hybridized carbons (Fsp3) is 0.758. The molecular weight excluding hydrogens is 574 g/mol. The molecule has 4 N–H and O–H groups in total. The molecule has 0 bridgehead atoms. The SMILES string of the molecule is C=C1/C(=C\C=C2/CCC[C@]3(C)[C@@H]([C@](C)(C/C=C\C(O)(C(F)(F)F)C(F)(F)F)CCCC(C)(C)O)CC[C@@H]23)C[C@@H](O)CC1O. The average Bonchev–Trinajstić information content (AvgIpc) is 3.21. The van der Waals surface area contributed by atoms with Gasteiger partial charge in [-0.25, -0.2) is 0 Å². The summed E-state index contributed by atoms with van der Waals surface area (Å²) >= 11 is 0. The van der Waals surface area contributed by atoms with E-state index < -0.39 is 41.2 Å². The molecule has 0 aromatic carbocycles. The van der Waals surface area contributed by atoms with Gasteiger partial charge in [0, 0.05) is 6.42 Å². The highest BCUT2D eigenvalue weighted by Gasteiger charge is 2.69. The summed E-state index contributed by atoms with van der Waals surface area (Å²) in [6, 6.07) is 0. The quantitative estimate of drug-likeness (QED) is 0.156. The van der Waals surface area contributed by atoms with Crippen molar-refractivity contribution < 1.29 is 46.8 Å². The summed E-state index contributed by atoms with van der Waals surface area (Å²) in [5.74, 6) is 0.139. The molecule has 43 heavy (non-hydrogen) atoms. The minimum absolute atomic E-state index is 0.0223. The summed E-state index contributed by atoms with van der Waals surface area (Å²) in [5, 5.41) is 40.3. The molecule has 3 aliphatic rings. The van der Waals surface area contributed by atoms with Crippen LogP contribution < -0.4 is 0 Å². The molecule has 0 aromatic rings. The van der Waals surface area contributed by atoms with E-state index in [1.165, 1.54) is 5.57 Å². The summed E-state index contributed by atoms with van der Waals surface area (Å²) in [7, 11) is 0. The van der Waals surface area contributed by atoms with E-state index in [1.54, 1.807) is 13.8 Å². The Hall–Kier alpha value is -1.62. The Labute approximate surface area is 251 Å². The second-order valence-corrected chi connectivity index (χ2v) is 14.3. The van der Waals surface area contributed by atoms with Gasteiger partial charge in [0.2, 0.25) is 0 Å². The Bertz CT molecular complexity index is 1080. The minimum Gasteiger partial charge on any atom is -0.393 e. The Balaban J connectivity index is 1.93. The van der Waals surface area contributed by atoms with Crippen LogP contribution in [0.2, 0.25) is 0 Å². The number of halogens is 6. The highest BCUT2D eigenvalue weighted by molar-refractivity contribution is 5.38. The second-order valence-electron chi connectivity index (χ2n) is 14.3. The largest absolute Gasteiger partial charge is 0.429 e. The molecule has 246 valence electrons. The molecule has 6 atom stereocenters. The molecule has 0 radical (unpaired) electrons. The number of alkyl halides is 6. The maximum absolute atomic E-state index is 13.4. The smallest absolute Gasteiger partial charge is 0.393 e. The molecule has 1 unspecified atom stereocenters. The lowest BCUT2D eigenvalue weighted by Gasteiger charge is -2.49. The van der Waals surface area contributed by atoms with Crippen molar-refractivity contribution in [3.63, 3.8) is 0 Å². The number of fused-ring (bicyclic) bond motifs is 1. The molecule has 4 nitrogen and oxygen atoms in total. The van der Waals surface area contributed by atoms with Crippen molar-refractivity contribution in [1.29, 1.82) is 0 Å². The molecule has 0 spiro atoms. The highest BCUT2D eigenvalue weighted by atomic mass is 19.4. The molecular formula is C33H48F6O4. The van der Waals surface area contributed by atoms with E-state index in [2.05, 4.69) is 13.5 Å². The molecule has 0 heterocycles. The zero-order valence-corrected chi connectivity index (χ0v) is 25.7. The van der Waals surface area contributed by atoms with E-state index in [4.69, 9.17) is 0 Å². The van der Waals surface area contributed by atoms with Crippen LogP contribution in [0.1, 0.15) is 98.3 Å². The van der Waals surface area contributed by atoms with Crippen molar-refractivity contribution in [2.24, 2.45) is 22.7 Å². The van der Waals surface area contributed by atoms with Crippen molar-refractivity contribution in [2.75, 3.05) is 0 Å². The van der Waals surface area contributed by atoms with E-state index in [1.807, 2.05) is 19.1 Å². The van der Waals surface area contributed by atoms with E-state index in [0.717, 1.165) is 43.8 Å². The first-order valence-corrected chi connectivity index (χ1v) is 15.2. The lowest BCUT2D eigenvalue weighted by atomic mass is 9.55. The molecule has 3 rings (SSSR count). The van der Waals surface area contributed by atoms with Gasteiger partial charge in [0.1, 0.15) is 0 Å². The Kier molecular flexibility index (Phi) is 10.5. The first-order chi connectivity index (χ1) is 19.5. The summed E-state index contributed by atoms with van der Waals surface area (Å²) in [6.45, 7) is 11.4. The Morgan fingerprint density at radius 3 is 2.16 bits per heavy atom. The summed E-state index contributed by atoms with van der Waals surface area (Å²) in [5.41, 5.74) is -4.25. The molecule has 3 aliphatic carbocycles. The number of aliphatic hydroxyl groups is 4. The molecule has 0 amide bonds. The van der Waals surface area contributed by atoms with Gasteiger partial charge < -0.3 is 20.4 Å². The van der Waals surface area contributed by atoms with E-state index in [0.29, 0.717) is 31.3 Å². The van der Waals surface area contributed by atoms with Crippen LogP contribution >= 0.6 is 0 Å². The second kappa shape index (κ2) is 12.6. The molecule has 0 aliphatic heterocycles. The molecule has 0 aromatic heterocycles. The zero-order chi connectivity index (χ0) is 32.6. The van der Waals surface area contributed by atoms with Crippen LogP contribution in [0.25, 0.3) is 0 Å². The van der Waals surface area contributed by atoms with Crippen molar-refractivity contribution >= 4 is 0 Å². The first kappa shape index (κ1) is 35.9.